The van der Waals surface area contributed by atoms with Crippen LogP contribution < -0.4 is 5.73 Å². The van der Waals surface area contributed by atoms with Crippen molar-refractivity contribution in [3.8, 4) is 0 Å². The van der Waals surface area contributed by atoms with Crippen molar-refractivity contribution in [2.24, 2.45) is 5.73 Å². The highest BCUT2D eigenvalue weighted by molar-refractivity contribution is 9.10. The second kappa shape index (κ2) is 3.10. The number of halogens is 1. The predicted molar refractivity (Wildman–Crippen MR) is 58.7 cm³/mol. The fourth-order valence-electron chi connectivity index (χ4n) is 1.89. The number of nitrogens with two attached hydrogens (primary N) is 1. The fourth-order valence-corrected chi connectivity index (χ4v) is 2.45. The number of hydrogen-bond donors (Lipinski definition) is 1. The van der Waals surface area contributed by atoms with Gasteiger partial charge in [-0.05, 0) is 24.5 Å². The van der Waals surface area contributed by atoms with Crippen molar-refractivity contribution in [1.82, 2.24) is 0 Å². The van der Waals surface area contributed by atoms with Gasteiger partial charge in [0.05, 0.1) is 0 Å². The highest BCUT2D eigenvalue weighted by atomic mass is 79.9. The lowest BCUT2D eigenvalue weighted by Crippen LogP contribution is -2.22. The second-order valence-electron chi connectivity index (χ2n) is 3.86. The Morgan fingerprint density at radius 1 is 1.54 bits per heavy atom. The van der Waals surface area contributed by atoms with Gasteiger partial charge in [0.2, 0.25) is 0 Å². The Labute approximate surface area is 87.5 Å². The molecule has 0 amide bonds. The Hall–Kier alpha value is -0.340. The summed E-state index contributed by atoms with van der Waals surface area (Å²) in [5.41, 5.74) is 7.61. The molecule has 0 saturated heterocycles. The molecule has 0 heterocycles. The van der Waals surface area contributed by atoms with E-state index < -0.39 is 0 Å². The molecule has 1 saturated carbocycles. The van der Waals surface area contributed by atoms with E-state index in [-0.39, 0.29) is 5.54 Å². The molecular formula is C11H14BrN. The molecule has 0 bridgehead atoms. The number of benzene rings is 1. The van der Waals surface area contributed by atoms with Crippen molar-refractivity contribution in [2.45, 2.75) is 31.2 Å². The van der Waals surface area contributed by atoms with Crippen LogP contribution in [-0.4, -0.2) is 5.54 Å². The van der Waals surface area contributed by atoms with Crippen LogP contribution in [0.15, 0.2) is 28.7 Å². The Balaban J connectivity index is 2.25. The van der Waals surface area contributed by atoms with Crippen molar-refractivity contribution in [3.63, 3.8) is 0 Å². The molecule has 2 heteroatoms. The zero-order valence-electron chi connectivity index (χ0n) is 7.76. The molecule has 2 unspecified atom stereocenters. The second-order valence-corrected chi connectivity index (χ2v) is 4.72. The van der Waals surface area contributed by atoms with Gasteiger partial charge in [-0.1, -0.05) is 41.1 Å². The van der Waals surface area contributed by atoms with E-state index >= 15 is 0 Å². The lowest BCUT2D eigenvalue weighted by Gasteiger charge is -2.08. The van der Waals surface area contributed by atoms with E-state index in [0.717, 1.165) is 12.8 Å². The molecule has 0 radical (unpaired) electrons. The van der Waals surface area contributed by atoms with E-state index in [1.54, 1.807) is 0 Å². The zero-order valence-corrected chi connectivity index (χ0v) is 9.34. The average molecular weight is 240 g/mol. The van der Waals surface area contributed by atoms with Crippen molar-refractivity contribution in [1.29, 1.82) is 0 Å². The van der Waals surface area contributed by atoms with Gasteiger partial charge in [0, 0.05) is 15.9 Å². The normalized spacial score (nSPS) is 31.8. The summed E-state index contributed by atoms with van der Waals surface area (Å²) in [6.45, 7) is 2.16. The third kappa shape index (κ3) is 1.53. The number of rotatable bonds is 2. The summed E-state index contributed by atoms with van der Waals surface area (Å²) in [7, 11) is 0. The van der Waals surface area contributed by atoms with Crippen molar-refractivity contribution < 1.29 is 0 Å². The largest absolute Gasteiger partial charge is 0.325 e. The predicted octanol–water partition coefficient (Wildman–Crippen LogP) is 3.04. The van der Waals surface area contributed by atoms with Gasteiger partial charge in [-0.25, -0.2) is 0 Å². The molecular weight excluding hydrogens is 226 g/mol. The number of hydrogen-bond acceptors (Lipinski definition) is 1. The molecule has 2 rings (SSSR count). The molecule has 2 N–H and O–H groups in total. The molecule has 0 spiro atoms. The van der Waals surface area contributed by atoms with E-state index in [0.29, 0.717) is 5.92 Å². The monoisotopic (exact) mass is 239 g/mol. The first-order chi connectivity index (χ1) is 6.17. The van der Waals surface area contributed by atoms with Crippen LogP contribution in [0.3, 0.4) is 0 Å². The molecule has 0 aliphatic heterocycles. The lowest BCUT2D eigenvalue weighted by molar-refractivity contribution is 0.625. The van der Waals surface area contributed by atoms with Gasteiger partial charge in [-0.15, -0.1) is 0 Å². The summed E-state index contributed by atoms with van der Waals surface area (Å²) < 4.78 is 1.20. The van der Waals surface area contributed by atoms with Gasteiger partial charge >= 0.3 is 0 Å². The third-order valence-corrected chi connectivity index (χ3v) is 3.78. The van der Waals surface area contributed by atoms with Gasteiger partial charge in [0.15, 0.2) is 0 Å². The maximum atomic E-state index is 6.17. The van der Waals surface area contributed by atoms with Gasteiger partial charge in [0.25, 0.3) is 0 Å². The van der Waals surface area contributed by atoms with E-state index in [4.69, 9.17) is 5.73 Å². The van der Waals surface area contributed by atoms with Crippen LogP contribution in [0.5, 0.6) is 0 Å². The molecule has 1 aromatic rings. The Morgan fingerprint density at radius 3 is 2.77 bits per heavy atom. The van der Waals surface area contributed by atoms with Crippen LogP contribution in [0.1, 0.15) is 31.2 Å². The van der Waals surface area contributed by atoms with Gasteiger partial charge < -0.3 is 5.73 Å². The topological polar surface area (TPSA) is 26.0 Å². The molecule has 0 aromatic heterocycles. The van der Waals surface area contributed by atoms with E-state index in [2.05, 4.69) is 41.1 Å². The summed E-state index contributed by atoms with van der Waals surface area (Å²) in [4.78, 5) is 0. The molecule has 1 aliphatic carbocycles. The molecule has 1 nitrogen and oxygen atoms in total. The minimum Gasteiger partial charge on any atom is -0.325 e. The summed E-state index contributed by atoms with van der Waals surface area (Å²) >= 11 is 3.56. The average Bonchev–Trinajstić information content (AvgIpc) is 2.80. The van der Waals surface area contributed by atoms with E-state index in [1.807, 2.05) is 6.07 Å². The van der Waals surface area contributed by atoms with Crippen molar-refractivity contribution in [3.05, 3.63) is 34.3 Å². The highest BCUT2D eigenvalue weighted by Crippen LogP contribution is 2.52. The van der Waals surface area contributed by atoms with Gasteiger partial charge in [-0.3, -0.25) is 0 Å². The van der Waals surface area contributed by atoms with Crippen LogP contribution in [0.2, 0.25) is 0 Å². The first-order valence-corrected chi connectivity index (χ1v) is 5.50. The van der Waals surface area contributed by atoms with Crippen molar-refractivity contribution >= 4 is 15.9 Å². The quantitative estimate of drug-likeness (QED) is 0.844. The molecule has 13 heavy (non-hydrogen) atoms. The Kier molecular flexibility index (Phi) is 2.20. The van der Waals surface area contributed by atoms with E-state index in [9.17, 15) is 0 Å². The SMILES string of the molecule is CCC1(N)CC1c1ccccc1Br. The molecule has 2 atom stereocenters. The summed E-state index contributed by atoms with van der Waals surface area (Å²) in [5.74, 6) is 0.563. The van der Waals surface area contributed by atoms with Crippen LogP contribution in [-0.2, 0) is 0 Å². The standard InChI is InChI=1S/C11H14BrN/c1-2-11(13)7-9(11)8-5-3-4-6-10(8)12/h3-6,9H,2,7,13H2,1H3. The highest BCUT2D eigenvalue weighted by Gasteiger charge is 2.50. The van der Waals surface area contributed by atoms with Gasteiger partial charge in [0.1, 0.15) is 0 Å². The smallest absolute Gasteiger partial charge is 0.0228 e. The Morgan fingerprint density at radius 2 is 2.23 bits per heavy atom. The van der Waals surface area contributed by atoms with Crippen LogP contribution >= 0.6 is 15.9 Å². The summed E-state index contributed by atoms with van der Waals surface area (Å²) in [5, 5.41) is 0. The lowest BCUT2D eigenvalue weighted by atomic mass is 10.1. The Bertz CT molecular complexity index is 324. The minimum atomic E-state index is 0.0733. The van der Waals surface area contributed by atoms with Crippen molar-refractivity contribution in [2.75, 3.05) is 0 Å². The maximum absolute atomic E-state index is 6.17. The fraction of sp³-hybridized carbons (Fsp3) is 0.455. The van der Waals surface area contributed by atoms with Crippen LogP contribution in [0.25, 0.3) is 0 Å². The zero-order chi connectivity index (χ0) is 9.47. The van der Waals surface area contributed by atoms with Crippen LogP contribution in [0.4, 0.5) is 0 Å². The molecule has 70 valence electrons. The maximum Gasteiger partial charge on any atom is 0.0228 e. The minimum absolute atomic E-state index is 0.0733. The molecule has 1 fully saturated rings. The summed E-state index contributed by atoms with van der Waals surface area (Å²) in [6, 6.07) is 8.37. The van der Waals surface area contributed by atoms with E-state index in [1.165, 1.54) is 10.0 Å². The van der Waals surface area contributed by atoms with Crippen LogP contribution in [0, 0.1) is 0 Å². The first kappa shape index (κ1) is 9.22. The van der Waals surface area contributed by atoms with Gasteiger partial charge in [-0.2, -0.15) is 0 Å². The first-order valence-electron chi connectivity index (χ1n) is 4.70. The molecule has 1 aliphatic rings. The summed E-state index contributed by atoms with van der Waals surface area (Å²) in [6.07, 6.45) is 2.20. The third-order valence-electron chi connectivity index (χ3n) is 3.06. The molecule has 1 aromatic carbocycles.